The molecule has 0 aliphatic carbocycles. The molecule has 1 aliphatic rings. The van der Waals surface area contributed by atoms with E-state index in [1.807, 2.05) is 12.3 Å². The molecule has 1 fully saturated rings. The number of morpholine rings is 1. The number of carbonyl (C=O) groups excluding carboxylic acids is 1. The van der Waals surface area contributed by atoms with Gasteiger partial charge >= 0.3 is 6.03 Å². The van der Waals surface area contributed by atoms with E-state index in [1.54, 1.807) is 30.4 Å². The minimum atomic E-state index is -0.105. The molecule has 0 spiro atoms. The minimum absolute atomic E-state index is 0.0676. The summed E-state index contributed by atoms with van der Waals surface area (Å²) in [5.41, 5.74) is 0.931. The van der Waals surface area contributed by atoms with E-state index < -0.39 is 0 Å². The number of carbonyl (C=O) groups is 1. The van der Waals surface area contributed by atoms with Crippen LogP contribution in [0.25, 0.3) is 0 Å². The van der Waals surface area contributed by atoms with Gasteiger partial charge in [-0.25, -0.2) is 9.78 Å². The lowest BCUT2D eigenvalue weighted by molar-refractivity contribution is 0.0160. The smallest absolute Gasteiger partial charge is 0.317 e. The maximum atomic E-state index is 12.7. The fourth-order valence-electron chi connectivity index (χ4n) is 2.78. The van der Waals surface area contributed by atoms with Crippen LogP contribution in [-0.2, 0) is 16.0 Å². The summed E-state index contributed by atoms with van der Waals surface area (Å²) in [4.78, 5) is 21.2. The van der Waals surface area contributed by atoms with E-state index in [0.717, 1.165) is 43.5 Å². The highest BCUT2D eigenvalue weighted by molar-refractivity contribution is 7.09. The van der Waals surface area contributed by atoms with Gasteiger partial charge in [0.25, 0.3) is 0 Å². The molecule has 7 nitrogen and oxygen atoms in total. The van der Waals surface area contributed by atoms with Crippen molar-refractivity contribution in [2.75, 3.05) is 47.0 Å². The molecule has 1 N–H and O–H groups in total. The Hall–Kier alpha value is -1.22. The lowest BCUT2D eigenvalue weighted by Crippen LogP contribution is -2.54. The molecule has 2 rings (SSSR count). The van der Waals surface area contributed by atoms with Crippen molar-refractivity contribution in [1.82, 2.24) is 20.1 Å². The molecule has 0 bridgehead atoms. The number of aromatic nitrogens is 1. The highest BCUT2D eigenvalue weighted by Crippen LogP contribution is 2.19. The van der Waals surface area contributed by atoms with E-state index in [-0.39, 0.29) is 18.2 Å². The second kappa shape index (κ2) is 10.2. The van der Waals surface area contributed by atoms with Crippen molar-refractivity contribution in [3.8, 4) is 0 Å². The first-order chi connectivity index (χ1) is 12.4. The zero-order chi connectivity index (χ0) is 19.1. The van der Waals surface area contributed by atoms with Gasteiger partial charge in [-0.05, 0) is 6.92 Å². The number of thiazole rings is 1. The predicted molar refractivity (Wildman–Crippen MR) is 104 cm³/mol. The second-order valence-electron chi connectivity index (χ2n) is 7.10. The van der Waals surface area contributed by atoms with Gasteiger partial charge in [-0.1, -0.05) is 13.8 Å². The van der Waals surface area contributed by atoms with Crippen molar-refractivity contribution < 1.29 is 14.3 Å². The van der Waals surface area contributed by atoms with E-state index in [4.69, 9.17) is 9.47 Å². The molecule has 8 heteroatoms. The van der Waals surface area contributed by atoms with E-state index in [2.05, 4.69) is 29.0 Å². The van der Waals surface area contributed by atoms with Crippen LogP contribution < -0.4 is 5.32 Å². The highest BCUT2D eigenvalue weighted by atomic mass is 32.1. The number of urea groups is 1. The van der Waals surface area contributed by atoms with Crippen molar-refractivity contribution >= 4 is 17.4 Å². The maximum Gasteiger partial charge on any atom is 0.317 e. The number of amides is 2. The maximum absolute atomic E-state index is 12.7. The molecule has 0 aromatic carbocycles. The van der Waals surface area contributed by atoms with Crippen LogP contribution in [0.3, 0.4) is 0 Å². The van der Waals surface area contributed by atoms with Crippen LogP contribution in [-0.4, -0.2) is 80.0 Å². The Kier molecular flexibility index (Phi) is 8.27. The quantitative estimate of drug-likeness (QED) is 0.744. The Morgan fingerprint density at radius 1 is 1.42 bits per heavy atom. The lowest BCUT2D eigenvalue weighted by Gasteiger charge is -2.33. The third kappa shape index (κ3) is 6.19. The summed E-state index contributed by atoms with van der Waals surface area (Å²) in [5.74, 6) is 0.410. The number of nitrogens with one attached hydrogen (secondary N) is 1. The molecular formula is C18H32N4O3S. The van der Waals surface area contributed by atoms with Crippen LogP contribution in [0.5, 0.6) is 0 Å². The number of methoxy groups -OCH3 is 1. The first-order valence-corrected chi connectivity index (χ1v) is 10.1. The molecule has 2 amide bonds. The Morgan fingerprint density at radius 3 is 2.69 bits per heavy atom. The summed E-state index contributed by atoms with van der Waals surface area (Å²) in [6.45, 7) is 10.7. The van der Waals surface area contributed by atoms with Crippen LogP contribution in [0.15, 0.2) is 5.38 Å². The van der Waals surface area contributed by atoms with E-state index >= 15 is 0 Å². The third-order valence-corrected chi connectivity index (χ3v) is 5.81. The molecule has 2 atom stereocenters. The molecule has 0 saturated carbocycles. The van der Waals surface area contributed by atoms with E-state index in [1.165, 1.54) is 0 Å². The zero-order valence-corrected chi connectivity index (χ0v) is 17.3. The summed E-state index contributed by atoms with van der Waals surface area (Å²) >= 11 is 1.65. The second-order valence-corrected chi connectivity index (χ2v) is 7.99. The summed E-state index contributed by atoms with van der Waals surface area (Å²) < 4.78 is 10.9. The van der Waals surface area contributed by atoms with Crippen molar-refractivity contribution in [2.24, 2.45) is 0 Å². The molecule has 26 heavy (non-hydrogen) atoms. The van der Waals surface area contributed by atoms with E-state index in [9.17, 15) is 4.79 Å². The van der Waals surface area contributed by atoms with Crippen LogP contribution in [0.4, 0.5) is 4.79 Å². The fraction of sp³-hybridized carbons (Fsp3) is 0.778. The highest BCUT2D eigenvalue weighted by Gasteiger charge is 2.25. The average molecular weight is 385 g/mol. The molecule has 1 aromatic rings. The first kappa shape index (κ1) is 21.1. The molecule has 0 radical (unpaired) electrons. The Balaban J connectivity index is 1.91. The van der Waals surface area contributed by atoms with Gasteiger partial charge in [-0.15, -0.1) is 11.3 Å². The van der Waals surface area contributed by atoms with Gasteiger partial charge in [0.05, 0.1) is 42.6 Å². The Morgan fingerprint density at radius 2 is 2.12 bits per heavy atom. The number of hydrogen-bond donors (Lipinski definition) is 1. The monoisotopic (exact) mass is 384 g/mol. The largest absolute Gasteiger partial charge is 0.380 e. The topological polar surface area (TPSA) is 66.9 Å². The summed E-state index contributed by atoms with van der Waals surface area (Å²) in [6, 6.07) is -0.180. The van der Waals surface area contributed by atoms with Crippen molar-refractivity contribution in [3.63, 3.8) is 0 Å². The normalized spacial score (nSPS) is 17.9. The first-order valence-electron chi connectivity index (χ1n) is 9.19. The number of ether oxygens (including phenoxy) is 2. The van der Waals surface area contributed by atoms with Crippen molar-refractivity contribution in [3.05, 3.63) is 16.1 Å². The molecule has 148 valence electrons. The molecular weight excluding hydrogens is 352 g/mol. The summed E-state index contributed by atoms with van der Waals surface area (Å²) in [5, 5.41) is 6.25. The number of nitrogens with zero attached hydrogens (tertiary/aromatic N) is 3. The predicted octanol–water partition coefficient (Wildman–Crippen LogP) is 2.14. The molecule has 1 aliphatic heterocycles. The Labute approximate surface area is 160 Å². The van der Waals surface area contributed by atoms with Gasteiger partial charge in [-0.2, -0.15) is 0 Å². The fourth-order valence-corrected chi connectivity index (χ4v) is 3.61. The summed E-state index contributed by atoms with van der Waals surface area (Å²) in [6.07, 6.45) is -0.0676. The van der Waals surface area contributed by atoms with Gasteiger partial charge in [0.15, 0.2) is 0 Å². The lowest BCUT2D eigenvalue weighted by atomic mass is 10.1. The van der Waals surface area contributed by atoms with Gasteiger partial charge < -0.3 is 19.7 Å². The van der Waals surface area contributed by atoms with E-state index in [0.29, 0.717) is 12.5 Å². The molecule has 1 unspecified atom stereocenters. The average Bonchev–Trinajstić information content (AvgIpc) is 3.10. The molecule has 2 heterocycles. The minimum Gasteiger partial charge on any atom is -0.380 e. The third-order valence-electron chi connectivity index (χ3n) is 4.62. The van der Waals surface area contributed by atoms with Gasteiger partial charge in [0, 0.05) is 45.1 Å². The standard InChI is InChI=1S/C18H32N4O3S/c1-13(2)17-19-15(12-26-17)10-21(4)18(23)20-16(14(3)24-5)11-22-6-8-25-9-7-22/h12-14,16H,6-11H2,1-5H3,(H,20,23)/t14-,16?/m1/s1. The van der Waals surface area contributed by atoms with Crippen molar-refractivity contribution in [1.29, 1.82) is 0 Å². The van der Waals surface area contributed by atoms with Crippen LogP contribution in [0, 0.1) is 0 Å². The number of hydrogen-bond acceptors (Lipinski definition) is 6. The SMILES string of the molecule is CO[C@H](C)C(CN1CCOCC1)NC(=O)N(C)Cc1csc(C(C)C)n1. The molecule has 1 saturated heterocycles. The molecule has 1 aromatic heterocycles. The van der Waals surface area contributed by atoms with Crippen LogP contribution in [0.2, 0.25) is 0 Å². The zero-order valence-electron chi connectivity index (χ0n) is 16.5. The van der Waals surface area contributed by atoms with Crippen LogP contribution in [0.1, 0.15) is 37.4 Å². The van der Waals surface area contributed by atoms with Gasteiger partial charge in [0.2, 0.25) is 0 Å². The van der Waals surface area contributed by atoms with Crippen molar-refractivity contribution in [2.45, 2.75) is 45.4 Å². The Bertz CT molecular complexity index is 560. The number of rotatable bonds is 8. The van der Waals surface area contributed by atoms with Gasteiger partial charge in [0.1, 0.15) is 0 Å². The van der Waals surface area contributed by atoms with Gasteiger partial charge in [-0.3, -0.25) is 4.90 Å². The van der Waals surface area contributed by atoms with Crippen LogP contribution >= 0.6 is 11.3 Å². The summed E-state index contributed by atoms with van der Waals surface area (Å²) in [7, 11) is 3.47.